The van der Waals surface area contributed by atoms with Crippen LogP contribution in [0.15, 0.2) is 50.0 Å². The molecule has 1 aromatic carbocycles. The Balaban J connectivity index is 2.04. The molecule has 0 aliphatic heterocycles. The van der Waals surface area contributed by atoms with Gasteiger partial charge in [-0.2, -0.15) is 0 Å². The first-order valence-corrected chi connectivity index (χ1v) is 7.32. The number of carbonyl (C=O) groups is 2. The van der Waals surface area contributed by atoms with Gasteiger partial charge in [-0.25, -0.2) is 4.79 Å². The number of rotatable bonds is 4. The molecule has 4 nitrogen and oxygen atoms in total. The summed E-state index contributed by atoms with van der Waals surface area (Å²) >= 11 is 6.38. The first-order valence-electron chi connectivity index (χ1n) is 5.73. The van der Waals surface area contributed by atoms with Crippen molar-refractivity contribution in [1.29, 1.82) is 0 Å². The molecule has 0 saturated heterocycles. The highest BCUT2D eigenvalue weighted by Gasteiger charge is 2.22. The van der Waals surface area contributed by atoms with Gasteiger partial charge in [0.2, 0.25) is 11.5 Å². The first kappa shape index (κ1) is 15.0. The number of ether oxygens (including phenoxy) is 1. The number of esters is 1. The van der Waals surface area contributed by atoms with Gasteiger partial charge in [0.25, 0.3) is 0 Å². The maximum atomic E-state index is 12.1. The van der Waals surface area contributed by atoms with Crippen molar-refractivity contribution in [3.05, 3.63) is 56.9 Å². The lowest BCUT2D eigenvalue weighted by Gasteiger charge is -2.11. The number of furan rings is 1. The molecule has 6 heteroatoms. The van der Waals surface area contributed by atoms with Crippen molar-refractivity contribution in [3.63, 3.8) is 0 Å². The van der Waals surface area contributed by atoms with E-state index in [4.69, 9.17) is 9.15 Å². The fourth-order valence-electron chi connectivity index (χ4n) is 1.55. The SMILES string of the molecule is C[C@H](OC(=O)c1ccc(Br)o1)C(=O)c1ccc(Br)cc1. The second kappa shape index (κ2) is 6.37. The Labute approximate surface area is 132 Å². The van der Waals surface area contributed by atoms with Crippen molar-refractivity contribution < 1.29 is 18.7 Å². The molecule has 2 aromatic rings. The molecule has 0 radical (unpaired) electrons. The van der Waals surface area contributed by atoms with E-state index in [0.717, 1.165) is 4.47 Å². The van der Waals surface area contributed by atoms with Gasteiger partial charge in [0.15, 0.2) is 10.8 Å². The highest BCUT2D eigenvalue weighted by Crippen LogP contribution is 2.17. The molecule has 1 aromatic heterocycles. The Bertz CT molecular complexity index is 631. The van der Waals surface area contributed by atoms with Crippen LogP contribution in [0.25, 0.3) is 0 Å². The average molecular weight is 402 g/mol. The smallest absolute Gasteiger partial charge is 0.374 e. The van der Waals surface area contributed by atoms with Gasteiger partial charge in [-0.05, 0) is 47.1 Å². The van der Waals surface area contributed by atoms with Gasteiger partial charge in [-0.1, -0.05) is 28.1 Å². The summed E-state index contributed by atoms with van der Waals surface area (Å²) in [7, 11) is 0. The maximum Gasteiger partial charge on any atom is 0.374 e. The summed E-state index contributed by atoms with van der Waals surface area (Å²) in [5.41, 5.74) is 0.481. The molecule has 0 bridgehead atoms. The van der Waals surface area contributed by atoms with Crippen LogP contribution in [0, 0.1) is 0 Å². The van der Waals surface area contributed by atoms with E-state index in [1.54, 1.807) is 30.3 Å². The molecule has 104 valence electrons. The van der Waals surface area contributed by atoms with Crippen LogP contribution in [0.3, 0.4) is 0 Å². The molecule has 1 atom stereocenters. The van der Waals surface area contributed by atoms with E-state index in [0.29, 0.717) is 10.2 Å². The highest BCUT2D eigenvalue weighted by atomic mass is 79.9. The summed E-state index contributed by atoms with van der Waals surface area (Å²) in [5.74, 6) is -0.891. The molecular formula is C14H10Br2O4. The number of carbonyl (C=O) groups excluding carboxylic acids is 2. The molecular weight excluding hydrogens is 392 g/mol. The van der Waals surface area contributed by atoms with Crippen LogP contribution in [0.5, 0.6) is 0 Å². The van der Waals surface area contributed by atoms with Gasteiger partial charge < -0.3 is 9.15 Å². The van der Waals surface area contributed by atoms with Crippen molar-refractivity contribution in [1.82, 2.24) is 0 Å². The number of hydrogen-bond donors (Lipinski definition) is 0. The maximum absolute atomic E-state index is 12.1. The topological polar surface area (TPSA) is 56.5 Å². The summed E-state index contributed by atoms with van der Waals surface area (Å²) in [6.45, 7) is 1.53. The Morgan fingerprint density at radius 2 is 1.75 bits per heavy atom. The Kier molecular flexibility index (Phi) is 4.77. The normalized spacial score (nSPS) is 11.9. The lowest BCUT2D eigenvalue weighted by atomic mass is 10.1. The minimum Gasteiger partial charge on any atom is -0.448 e. The lowest BCUT2D eigenvalue weighted by Crippen LogP contribution is -2.24. The number of halogens is 2. The molecule has 0 fully saturated rings. The van der Waals surface area contributed by atoms with E-state index >= 15 is 0 Å². The van der Waals surface area contributed by atoms with E-state index < -0.39 is 12.1 Å². The zero-order chi connectivity index (χ0) is 14.7. The molecule has 20 heavy (non-hydrogen) atoms. The summed E-state index contributed by atoms with van der Waals surface area (Å²) < 4.78 is 11.5. The van der Waals surface area contributed by atoms with E-state index in [2.05, 4.69) is 31.9 Å². The van der Waals surface area contributed by atoms with Crippen molar-refractivity contribution >= 4 is 43.6 Å². The van der Waals surface area contributed by atoms with Crippen molar-refractivity contribution in [2.24, 2.45) is 0 Å². The van der Waals surface area contributed by atoms with Crippen molar-refractivity contribution in [2.45, 2.75) is 13.0 Å². The van der Waals surface area contributed by atoms with Gasteiger partial charge in [-0.15, -0.1) is 0 Å². The molecule has 0 spiro atoms. The van der Waals surface area contributed by atoms with Crippen LogP contribution in [0.2, 0.25) is 0 Å². The minimum absolute atomic E-state index is 0.0485. The average Bonchev–Trinajstić information content (AvgIpc) is 2.85. The Hall–Kier alpha value is -1.40. The van der Waals surface area contributed by atoms with E-state index in [1.807, 2.05) is 0 Å². The van der Waals surface area contributed by atoms with Crippen LogP contribution >= 0.6 is 31.9 Å². The monoisotopic (exact) mass is 400 g/mol. The molecule has 0 unspecified atom stereocenters. The quantitative estimate of drug-likeness (QED) is 0.568. The zero-order valence-electron chi connectivity index (χ0n) is 10.4. The third kappa shape index (κ3) is 3.58. The molecule has 2 rings (SSSR count). The molecule has 0 amide bonds. The second-order valence-electron chi connectivity index (χ2n) is 4.02. The van der Waals surface area contributed by atoms with Gasteiger partial charge in [0.05, 0.1) is 0 Å². The van der Waals surface area contributed by atoms with Crippen LogP contribution in [-0.2, 0) is 4.74 Å². The van der Waals surface area contributed by atoms with Crippen molar-refractivity contribution in [2.75, 3.05) is 0 Å². The van der Waals surface area contributed by atoms with Crippen LogP contribution in [0.4, 0.5) is 0 Å². The highest BCUT2D eigenvalue weighted by molar-refractivity contribution is 9.10. The van der Waals surface area contributed by atoms with Crippen LogP contribution in [-0.4, -0.2) is 17.9 Å². The van der Waals surface area contributed by atoms with E-state index in [9.17, 15) is 9.59 Å². The van der Waals surface area contributed by atoms with Gasteiger partial charge in [0.1, 0.15) is 0 Å². The zero-order valence-corrected chi connectivity index (χ0v) is 13.6. The predicted octanol–water partition coefficient (Wildman–Crippen LogP) is 4.23. The van der Waals surface area contributed by atoms with E-state index in [1.165, 1.54) is 13.0 Å². The molecule has 0 aliphatic rings. The van der Waals surface area contributed by atoms with Gasteiger partial charge in [0, 0.05) is 10.0 Å². The summed E-state index contributed by atoms with van der Waals surface area (Å²) in [6.07, 6.45) is -0.882. The molecule has 0 N–H and O–H groups in total. The summed E-state index contributed by atoms with van der Waals surface area (Å²) in [6, 6.07) is 9.90. The largest absolute Gasteiger partial charge is 0.448 e. The summed E-state index contributed by atoms with van der Waals surface area (Å²) in [4.78, 5) is 23.9. The number of hydrogen-bond acceptors (Lipinski definition) is 4. The third-order valence-corrected chi connectivity index (χ3v) is 3.51. The number of ketones is 1. The fourth-order valence-corrected chi connectivity index (χ4v) is 2.12. The van der Waals surface area contributed by atoms with Crippen LogP contribution < -0.4 is 0 Å². The predicted molar refractivity (Wildman–Crippen MR) is 79.8 cm³/mol. The summed E-state index contributed by atoms with van der Waals surface area (Å²) in [5, 5.41) is 0. The molecule has 0 aliphatic carbocycles. The Morgan fingerprint density at radius 1 is 1.10 bits per heavy atom. The third-order valence-electron chi connectivity index (χ3n) is 2.56. The fraction of sp³-hybridized carbons (Fsp3) is 0.143. The van der Waals surface area contributed by atoms with Crippen LogP contribution in [0.1, 0.15) is 27.8 Å². The van der Waals surface area contributed by atoms with Gasteiger partial charge >= 0.3 is 5.97 Å². The lowest BCUT2D eigenvalue weighted by molar-refractivity contribution is 0.0288. The van der Waals surface area contributed by atoms with Gasteiger partial charge in [-0.3, -0.25) is 4.79 Å². The minimum atomic E-state index is -0.882. The molecule has 1 heterocycles. The second-order valence-corrected chi connectivity index (χ2v) is 5.72. The van der Waals surface area contributed by atoms with E-state index in [-0.39, 0.29) is 11.5 Å². The standard InChI is InChI=1S/C14H10Br2O4/c1-8(13(17)9-2-4-10(15)5-3-9)19-14(18)11-6-7-12(16)20-11/h2-8H,1H3/t8-/m0/s1. The number of benzene rings is 1. The number of Topliss-reactive ketones (excluding diaryl/α,β-unsaturated/α-hetero) is 1. The first-order chi connectivity index (χ1) is 9.47. The van der Waals surface area contributed by atoms with Crippen molar-refractivity contribution in [3.8, 4) is 0 Å². The molecule has 0 saturated carbocycles. The Morgan fingerprint density at radius 3 is 2.30 bits per heavy atom.